The van der Waals surface area contributed by atoms with E-state index in [1.807, 2.05) is 24.0 Å². The molecule has 3 aliphatic heterocycles. The molecule has 15 nitrogen and oxygen atoms in total. The fourth-order valence-corrected chi connectivity index (χ4v) is 5.60. The second-order valence-electron chi connectivity index (χ2n) is 12.2. The smallest absolute Gasteiger partial charge is 0.306 e. The second kappa shape index (κ2) is 14.4. The fourth-order valence-electron chi connectivity index (χ4n) is 5.60. The van der Waals surface area contributed by atoms with Crippen LogP contribution in [0.2, 0.25) is 0 Å². The molecule has 0 saturated carbocycles. The van der Waals surface area contributed by atoms with E-state index >= 15 is 0 Å². The number of nitro groups is 1. The van der Waals surface area contributed by atoms with Crippen molar-refractivity contribution in [2.75, 3.05) is 31.2 Å². The van der Waals surface area contributed by atoms with Crippen molar-refractivity contribution < 1.29 is 47.7 Å². The lowest BCUT2D eigenvalue weighted by Crippen LogP contribution is -2.57. The Bertz CT molecular complexity index is 1450. The summed E-state index contributed by atoms with van der Waals surface area (Å²) in [6.07, 6.45) is -2.90. The van der Waals surface area contributed by atoms with E-state index in [1.54, 1.807) is 39.8 Å². The highest BCUT2D eigenvalue weighted by molar-refractivity contribution is 5.77. The number of esters is 2. The van der Waals surface area contributed by atoms with E-state index < -0.39 is 59.1 Å². The van der Waals surface area contributed by atoms with Crippen molar-refractivity contribution in [3.63, 3.8) is 0 Å². The molecular formula is C32H40N4O11. The van der Waals surface area contributed by atoms with Gasteiger partial charge in [-0.1, -0.05) is 0 Å². The molecular weight excluding hydrogens is 616 g/mol. The lowest BCUT2D eigenvalue weighted by molar-refractivity contribution is -0.384. The van der Waals surface area contributed by atoms with Crippen LogP contribution in [-0.2, 0) is 42.7 Å². The number of azo groups is 1. The number of nitrogens with zero attached hydrogens (tertiary/aromatic N) is 4. The molecule has 5 rings (SSSR count). The zero-order chi connectivity index (χ0) is 33.8. The normalized spacial score (nSPS) is 25.6. The van der Waals surface area contributed by atoms with Gasteiger partial charge in [-0.15, -0.1) is 0 Å². The third-order valence-electron chi connectivity index (χ3n) is 7.75. The summed E-state index contributed by atoms with van der Waals surface area (Å²) in [5.74, 6) is -2.81. The van der Waals surface area contributed by atoms with Gasteiger partial charge in [-0.05, 0) is 71.0 Å². The summed E-state index contributed by atoms with van der Waals surface area (Å²) < 4.78 is 40.7. The third kappa shape index (κ3) is 8.87. The Hall–Kier alpha value is -4.02. The number of carbonyl (C=O) groups excluding carboxylic acids is 2. The summed E-state index contributed by atoms with van der Waals surface area (Å²) in [5, 5.41) is 19.1. The highest BCUT2D eigenvalue weighted by atomic mass is 16.9. The predicted molar refractivity (Wildman–Crippen MR) is 165 cm³/mol. The minimum absolute atomic E-state index is 0.0152. The standard InChI is InChI=1S/C32H40N4O11/c1-6-35(22-11-7-20(8-12-22)33-34-21-9-13-23(14-10-21)36(39)40)17-18-41-25(37)15-16-26(38)42-19-24-27-28(45-31(2,3)44-24)29-30(43-27)47-32(4,5)46-29/h7-14,24,27-30H,6,15-19H2,1-5H3/t24-,27+,28-,29+,30+/m0/s1. The van der Waals surface area contributed by atoms with Crippen LogP contribution in [0.5, 0.6) is 0 Å². The molecule has 0 spiro atoms. The quantitative estimate of drug-likeness (QED) is 0.121. The van der Waals surface area contributed by atoms with Gasteiger partial charge in [-0.25, -0.2) is 0 Å². The van der Waals surface area contributed by atoms with Crippen molar-refractivity contribution in [2.45, 2.75) is 89.7 Å². The highest BCUT2D eigenvalue weighted by Crippen LogP contribution is 2.44. The van der Waals surface area contributed by atoms with Crippen molar-refractivity contribution in [2.24, 2.45) is 10.2 Å². The van der Waals surface area contributed by atoms with Crippen LogP contribution in [0.3, 0.4) is 0 Å². The lowest BCUT2D eigenvalue weighted by atomic mass is 10.0. The average molecular weight is 657 g/mol. The summed E-state index contributed by atoms with van der Waals surface area (Å²) in [4.78, 5) is 37.2. The minimum atomic E-state index is -0.951. The molecule has 15 heteroatoms. The van der Waals surface area contributed by atoms with E-state index in [9.17, 15) is 19.7 Å². The number of benzene rings is 2. The van der Waals surface area contributed by atoms with Gasteiger partial charge in [0.15, 0.2) is 17.9 Å². The topological polar surface area (TPSA) is 170 Å². The zero-order valence-corrected chi connectivity index (χ0v) is 27.0. The molecule has 47 heavy (non-hydrogen) atoms. The molecule has 0 bridgehead atoms. The number of nitro benzene ring substituents is 1. The van der Waals surface area contributed by atoms with E-state index in [-0.39, 0.29) is 31.7 Å². The summed E-state index contributed by atoms with van der Waals surface area (Å²) in [7, 11) is 0. The Labute approximate surface area is 272 Å². The summed E-state index contributed by atoms with van der Waals surface area (Å²) in [5.41, 5.74) is 1.99. The van der Waals surface area contributed by atoms with Crippen LogP contribution in [0.1, 0.15) is 47.5 Å². The molecule has 0 N–H and O–H groups in total. The first-order valence-corrected chi connectivity index (χ1v) is 15.5. The van der Waals surface area contributed by atoms with Crippen molar-refractivity contribution in [3.8, 4) is 0 Å². The molecule has 0 unspecified atom stereocenters. The Morgan fingerprint density at radius 1 is 0.830 bits per heavy atom. The number of ether oxygens (including phenoxy) is 7. The van der Waals surface area contributed by atoms with Crippen molar-refractivity contribution in [1.29, 1.82) is 0 Å². The maximum absolute atomic E-state index is 12.5. The monoisotopic (exact) mass is 656 g/mol. The highest BCUT2D eigenvalue weighted by Gasteiger charge is 2.61. The number of rotatable bonds is 13. The molecule has 0 aromatic heterocycles. The van der Waals surface area contributed by atoms with Crippen molar-refractivity contribution in [1.82, 2.24) is 0 Å². The van der Waals surface area contributed by atoms with E-state index in [4.69, 9.17) is 33.2 Å². The van der Waals surface area contributed by atoms with Crippen molar-refractivity contribution in [3.05, 3.63) is 58.6 Å². The Morgan fingerprint density at radius 2 is 1.40 bits per heavy atom. The van der Waals surface area contributed by atoms with E-state index in [1.165, 1.54) is 24.3 Å². The minimum Gasteiger partial charge on any atom is -0.464 e. The molecule has 0 amide bonds. The lowest BCUT2D eigenvalue weighted by Gasteiger charge is -2.43. The zero-order valence-electron chi connectivity index (χ0n) is 27.0. The van der Waals surface area contributed by atoms with Gasteiger partial charge < -0.3 is 38.1 Å². The van der Waals surface area contributed by atoms with Crippen LogP contribution in [0.15, 0.2) is 58.8 Å². The van der Waals surface area contributed by atoms with Crippen LogP contribution in [0.4, 0.5) is 22.7 Å². The first kappa shape index (κ1) is 34.3. The van der Waals surface area contributed by atoms with Gasteiger partial charge in [0, 0.05) is 24.4 Å². The molecule has 3 heterocycles. The van der Waals surface area contributed by atoms with Crippen LogP contribution in [0.25, 0.3) is 0 Å². The van der Waals surface area contributed by atoms with Crippen LogP contribution < -0.4 is 4.90 Å². The maximum Gasteiger partial charge on any atom is 0.306 e. The first-order valence-electron chi connectivity index (χ1n) is 15.5. The molecule has 2 aromatic rings. The molecule has 0 radical (unpaired) electrons. The number of hydrogen-bond acceptors (Lipinski definition) is 14. The number of hydrogen-bond donors (Lipinski definition) is 0. The van der Waals surface area contributed by atoms with E-state index in [0.29, 0.717) is 24.5 Å². The van der Waals surface area contributed by atoms with Crippen LogP contribution >= 0.6 is 0 Å². The summed E-state index contributed by atoms with van der Waals surface area (Å²) >= 11 is 0. The fraction of sp³-hybridized carbons (Fsp3) is 0.562. The molecule has 5 atom stereocenters. The van der Waals surface area contributed by atoms with E-state index in [2.05, 4.69) is 10.2 Å². The molecule has 254 valence electrons. The predicted octanol–water partition coefficient (Wildman–Crippen LogP) is 5.10. The number of non-ortho nitro benzene ring substituents is 1. The third-order valence-corrected chi connectivity index (χ3v) is 7.75. The average Bonchev–Trinajstić information content (AvgIpc) is 3.51. The number of likely N-dealkylation sites (N-methyl/N-ethyl adjacent to an activating group) is 1. The summed E-state index contributed by atoms with van der Waals surface area (Å²) in [6, 6.07) is 13.1. The van der Waals surface area contributed by atoms with Gasteiger partial charge >= 0.3 is 11.9 Å². The Balaban J connectivity index is 1.01. The number of carbonyl (C=O) groups is 2. The molecule has 3 saturated heterocycles. The Morgan fingerprint density at radius 3 is 2.02 bits per heavy atom. The van der Waals surface area contributed by atoms with Crippen molar-refractivity contribution >= 4 is 34.7 Å². The number of anilines is 1. The molecule has 3 aliphatic rings. The van der Waals surface area contributed by atoms with Gasteiger partial charge in [0.05, 0.1) is 35.7 Å². The van der Waals surface area contributed by atoms with Gasteiger partial charge in [0.2, 0.25) is 0 Å². The first-order chi connectivity index (χ1) is 22.3. The molecule has 0 aliphatic carbocycles. The Kier molecular flexibility index (Phi) is 10.5. The van der Waals surface area contributed by atoms with E-state index in [0.717, 1.165) is 5.69 Å². The SMILES string of the molecule is CCN(CCOC(=O)CCC(=O)OC[C@@H]1OC(C)(C)O[C@@H]2[C@H]3OC(C)(C)O[C@H]3O[C@@H]21)c1ccc(N=Nc2ccc([N+](=O)[O-])cc2)cc1. The van der Waals surface area contributed by atoms with Gasteiger partial charge in [0.1, 0.15) is 37.6 Å². The maximum atomic E-state index is 12.5. The molecule has 2 aromatic carbocycles. The van der Waals surface area contributed by atoms with Gasteiger partial charge in [0.25, 0.3) is 5.69 Å². The summed E-state index contributed by atoms with van der Waals surface area (Å²) in [6.45, 7) is 10.3. The van der Waals surface area contributed by atoms with Crippen LogP contribution in [0, 0.1) is 10.1 Å². The number of fused-ring (bicyclic) bond motifs is 3. The van der Waals surface area contributed by atoms with Gasteiger partial charge in [-0.2, -0.15) is 10.2 Å². The second-order valence-corrected chi connectivity index (χ2v) is 12.2. The van der Waals surface area contributed by atoms with Gasteiger partial charge in [-0.3, -0.25) is 19.7 Å². The molecule has 3 fully saturated rings. The van der Waals surface area contributed by atoms with Crippen LogP contribution in [-0.4, -0.2) is 85.4 Å². The largest absolute Gasteiger partial charge is 0.464 e.